The van der Waals surface area contributed by atoms with E-state index in [2.05, 4.69) is 88.2 Å². The van der Waals surface area contributed by atoms with Gasteiger partial charge in [-0.25, -0.2) is 4.98 Å². The van der Waals surface area contributed by atoms with Crippen molar-refractivity contribution in [3.05, 3.63) is 54.6 Å². The number of hydrogen-bond donors (Lipinski definition) is 0. The van der Waals surface area contributed by atoms with Crippen LogP contribution in [0.3, 0.4) is 0 Å². The quantitative estimate of drug-likeness (QED) is 0.341. The summed E-state index contributed by atoms with van der Waals surface area (Å²) in [5, 5.41) is 1.27. The van der Waals surface area contributed by atoms with Gasteiger partial charge < -0.3 is 14.1 Å². The van der Waals surface area contributed by atoms with Gasteiger partial charge in [0.25, 0.3) is 0 Å². The molecule has 0 aliphatic rings. The molecule has 0 saturated carbocycles. The summed E-state index contributed by atoms with van der Waals surface area (Å²) in [7, 11) is 2.28. The van der Waals surface area contributed by atoms with E-state index in [0.29, 0.717) is 6.61 Å². The second-order valence-corrected chi connectivity index (χ2v) is 15.0. The Balaban J connectivity index is 1.71. The van der Waals surface area contributed by atoms with E-state index in [-0.39, 0.29) is 11.1 Å². The van der Waals surface area contributed by atoms with Gasteiger partial charge in [0, 0.05) is 30.7 Å². The van der Waals surface area contributed by atoms with Gasteiger partial charge in [0.2, 0.25) is 0 Å². The first-order valence-electron chi connectivity index (χ1n) is 11.5. The summed E-state index contributed by atoms with van der Waals surface area (Å²) < 4.78 is 12.7. The fraction of sp³-hybridized carbons (Fsp3) is 0.444. The van der Waals surface area contributed by atoms with Crippen molar-refractivity contribution in [3.8, 4) is 17.0 Å². The summed E-state index contributed by atoms with van der Waals surface area (Å²) >= 11 is 0. The monoisotopic (exact) mass is 450 g/mol. The molecule has 5 heteroatoms. The lowest BCUT2D eigenvalue weighted by molar-refractivity contribution is 0.112. The third-order valence-corrected chi connectivity index (χ3v) is 11.0. The summed E-state index contributed by atoms with van der Waals surface area (Å²) in [5.74, 6) is 0.861. The highest BCUT2D eigenvalue weighted by Gasteiger charge is 2.38. The molecule has 1 heterocycles. The minimum atomic E-state index is -1.81. The number of ether oxygens (including phenoxy) is 1. The van der Waals surface area contributed by atoms with E-state index >= 15 is 0 Å². The first-order valence-corrected chi connectivity index (χ1v) is 14.4. The van der Waals surface area contributed by atoms with Crippen molar-refractivity contribution in [2.45, 2.75) is 58.4 Å². The molecule has 1 aromatic heterocycles. The molecule has 0 bridgehead atoms. The highest BCUT2D eigenvalue weighted by molar-refractivity contribution is 6.74. The van der Waals surface area contributed by atoms with Crippen molar-refractivity contribution in [2.24, 2.45) is 0 Å². The van der Waals surface area contributed by atoms with E-state index < -0.39 is 8.32 Å². The topological polar surface area (TPSA) is 34.6 Å². The first kappa shape index (κ1) is 24.3. The zero-order valence-corrected chi connectivity index (χ0v) is 21.9. The molecule has 0 fully saturated rings. The molecule has 172 valence electrons. The van der Waals surface area contributed by atoms with E-state index in [1.807, 2.05) is 26.2 Å². The van der Waals surface area contributed by atoms with Crippen LogP contribution in [0.25, 0.3) is 22.2 Å². The van der Waals surface area contributed by atoms with Crippen molar-refractivity contribution in [2.75, 3.05) is 25.6 Å². The second kappa shape index (κ2) is 9.63. The Labute approximate surface area is 194 Å². The first-order chi connectivity index (χ1) is 15.0. The Morgan fingerprint density at radius 2 is 1.66 bits per heavy atom. The van der Waals surface area contributed by atoms with Crippen molar-refractivity contribution >= 4 is 24.9 Å². The maximum absolute atomic E-state index is 6.55. The van der Waals surface area contributed by atoms with Gasteiger partial charge in [0.1, 0.15) is 12.4 Å². The van der Waals surface area contributed by atoms with E-state index in [9.17, 15) is 0 Å². The number of aromatic nitrogens is 1. The summed E-state index contributed by atoms with van der Waals surface area (Å²) in [6.07, 6.45) is 1.05. The maximum atomic E-state index is 6.55. The minimum Gasteiger partial charge on any atom is -0.491 e. The minimum absolute atomic E-state index is 0.109. The van der Waals surface area contributed by atoms with Gasteiger partial charge in [0.15, 0.2) is 8.32 Å². The summed E-state index contributed by atoms with van der Waals surface area (Å²) in [6.45, 7) is 14.1. The SMILES string of the molecule is CC[C@H](COc1ccc2nc(-c3ccc(N(C)C)cc3)ccc2c1)O[Si](C)(C)C(C)(C)C. The molecular weight excluding hydrogens is 412 g/mol. The lowest BCUT2D eigenvalue weighted by atomic mass is 10.1. The number of anilines is 1. The summed E-state index contributed by atoms with van der Waals surface area (Å²) in [5.41, 5.74) is 4.24. The van der Waals surface area contributed by atoms with Gasteiger partial charge in [-0.2, -0.15) is 0 Å². The van der Waals surface area contributed by atoms with E-state index in [1.54, 1.807) is 0 Å². The number of hydrogen-bond acceptors (Lipinski definition) is 4. The van der Waals surface area contributed by atoms with Crippen molar-refractivity contribution < 1.29 is 9.16 Å². The number of rotatable bonds is 8. The van der Waals surface area contributed by atoms with Crippen molar-refractivity contribution in [1.29, 1.82) is 0 Å². The van der Waals surface area contributed by atoms with Gasteiger partial charge in [-0.3, -0.25) is 0 Å². The fourth-order valence-electron chi connectivity index (χ4n) is 3.30. The second-order valence-electron chi connectivity index (χ2n) is 10.2. The van der Waals surface area contributed by atoms with Gasteiger partial charge in [-0.1, -0.05) is 45.9 Å². The highest BCUT2D eigenvalue weighted by atomic mass is 28.4. The molecule has 4 nitrogen and oxygen atoms in total. The Kier molecular flexibility index (Phi) is 7.31. The molecule has 0 aliphatic carbocycles. The van der Waals surface area contributed by atoms with Gasteiger partial charge in [0.05, 0.1) is 17.3 Å². The fourth-order valence-corrected chi connectivity index (χ4v) is 4.72. The largest absolute Gasteiger partial charge is 0.491 e. The molecule has 0 N–H and O–H groups in total. The molecule has 0 spiro atoms. The van der Waals surface area contributed by atoms with Crippen LogP contribution in [0.5, 0.6) is 5.75 Å². The van der Waals surface area contributed by atoms with Crippen LogP contribution in [0.2, 0.25) is 18.1 Å². The molecule has 32 heavy (non-hydrogen) atoms. The van der Waals surface area contributed by atoms with Crippen LogP contribution in [0, 0.1) is 0 Å². The predicted molar refractivity (Wildman–Crippen MR) is 139 cm³/mol. The van der Waals surface area contributed by atoms with Crippen LogP contribution in [-0.4, -0.2) is 40.1 Å². The summed E-state index contributed by atoms with van der Waals surface area (Å²) in [6, 6.07) is 18.8. The maximum Gasteiger partial charge on any atom is 0.192 e. The zero-order valence-electron chi connectivity index (χ0n) is 20.9. The Morgan fingerprint density at radius 1 is 0.969 bits per heavy atom. The normalized spacial score (nSPS) is 13.2. The van der Waals surface area contributed by atoms with Crippen molar-refractivity contribution in [1.82, 2.24) is 4.98 Å². The van der Waals surface area contributed by atoms with Crippen molar-refractivity contribution in [3.63, 3.8) is 0 Å². The molecule has 0 saturated heterocycles. The lowest BCUT2D eigenvalue weighted by Crippen LogP contribution is -2.45. The smallest absolute Gasteiger partial charge is 0.192 e. The number of benzene rings is 2. The Bertz CT molecular complexity index is 1040. The summed E-state index contributed by atoms with van der Waals surface area (Å²) in [4.78, 5) is 6.96. The van der Waals surface area contributed by atoms with Gasteiger partial charge in [-0.15, -0.1) is 0 Å². The van der Waals surface area contributed by atoms with E-state index in [4.69, 9.17) is 14.1 Å². The van der Waals surface area contributed by atoms with Crippen LogP contribution in [-0.2, 0) is 4.43 Å². The molecule has 0 amide bonds. The van der Waals surface area contributed by atoms with Gasteiger partial charge >= 0.3 is 0 Å². The molecule has 3 aromatic rings. The van der Waals surface area contributed by atoms with Crippen LogP contribution < -0.4 is 9.64 Å². The molecular formula is C27H38N2O2Si. The average molecular weight is 451 g/mol. The molecule has 0 radical (unpaired) electrons. The van der Waals surface area contributed by atoms with Gasteiger partial charge in [-0.05, 0) is 61.0 Å². The Hall–Kier alpha value is -2.37. The molecule has 0 aliphatic heterocycles. The standard InChI is InChI=1S/C27H38N2O2Si/c1-9-23(31-32(7,8)27(2,3)4)19-30-24-15-17-26-21(18-24)12-16-25(28-26)20-10-13-22(14-11-20)29(5)6/h10-18,23H,9,19H2,1-8H3/t23-/m1/s1. The third-order valence-electron chi connectivity index (χ3n) is 6.50. The average Bonchev–Trinajstić information content (AvgIpc) is 2.75. The number of fused-ring (bicyclic) bond motifs is 1. The molecule has 3 rings (SSSR count). The third kappa shape index (κ3) is 5.70. The van der Waals surface area contributed by atoms with E-state index in [1.165, 1.54) is 5.69 Å². The van der Waals surface area contributed by atoms with Crippen LogP contribution in [0.1, 0.15) is 34.1 Å². The molecule has 1 atom stereocenters. The molecule has 2 aromatic carbocycles. The van der Waals surface area contributed by atoms with Crippen LogP contribution in [0.4, 0.5) is 5.69 Å². The van der Waals surface area contributed by atoms with Crippen LogP contribution in [0.15, 0.2) is 54.6 Å². The lowest BCUT2D eigenvalue weighted by Gasteiger charge is -2.39. The number of pyridine rings is 1. The predicted octanol–water partition coefficient (Wildman–Crippen LogP) is 7.15. The number of nitrogens with zero attached hydrogens (tertiary/aromatic N) is 2. The Morgan fingerprint density at radius 3 is 2.25 bits per heavy atom. The van der Waals surface area contributed by atoms with E-state index in [0.717, 1.165) is 34.3 Å². The highest BCUT2D eigenvalue weighted by Crippen LogP contribution is 2.37. The molecule has 0 unspecified atom stereocenters. The van der Waals surface area contributed by atoms with Crippen LogP contribution >= 0.6 is 0 Å². The zero-order chi connectivity index (χ0) is 23.5.